The fourth-order valence-electron chi connectivity index (χ4n) is 2.39. The molecule has 2 N–H and O–H groups in total. The molecule has 0 saturated carbocycles. The molecule has 0 fully saturated rings. The number of benzene rings is 2. The zero-order valence-electron chi connectivity index (χ0n) is 13.1. The Bertz CT molecular complexity index is 861. The lowest BCUT2D eigenvalue weighted by atomic mass is 10.1. The Balaban J connectivity index is 1.62. The first-order valence-corrected chi connectivity index (χ1v) is 7.60. The maximum absolute atomic E-state index is 13.6. The summed E-state index contributed by atoms with van der Waals surface area (Å²) in [6.07, 6.45) is 0.612. The molecule has 128 valence electrons. The zero-order valence-corrected chi connectivity index (χ0v) is 13.1. The minimum absolute atomic E-state index is 0.101. The highest BCUT2D eigenvalue weighted by Gasteiger charge is 2.15. The van der Waals surface area contributed by atoms with Crippen LogP contribution in [0.15, 0.2) is 65.3 Å². The van der Waals surface area contributed by atoms with Gasteiger partial charge in [-0.3, -0.25) is 4.79 Å². The molecular formula is C19H15F2NO3. The second-order valence-electron chi connectivity index (χ2n) is 5.45. The Labute approximate surface area is 142 Å². The van der Waals surface area contributed by atoms with Crippen molar-refractivity contribution in [2.24, 2.45) is 0 Å². The molecule has 0 bridgehead atoms. The third kappa shape index (κ3) is 3.92. The van der Waals surface area contributed by atoms with E-state index in [-0.39, 0.29) is 12.1 Å². The molecule has 1 aromatic heterocycles. The van der Waals surface area contributed by atoms with E-state index in [1.807, 2.05) is 6.07 Å². The first-order valence-electron chi connectivity index (χ1n) is 7.60. The van der Waals surface area contributed by atoms with Crippen LogP contribution >= 0.6 is 0 Å². The molecule has 0 aliphatic heterocycles. The van der Waals surface area contributed by atoms with Gasteiger partial charge < -0.3 is 14.8 Å². The van der Waals surface area contributed by atoms with Crippen LogP contribution in [0.2, 0.25) is 0 Å². The molecule has 2 aromatic carbocycles. The van der Waals surface area contributed by atoms with E-state index in [0.717, 1.165) is 17.7 Å². The number of halogens is 2. The zero-order chi connectivity index (χ0) is 17.8. The third-order valence-corrected chi connectivity index (χ3v) is 3.73. The van der Waals surface area contributed by atoms with Crippen molar-refractivity contribution in [3.63, 3.8) is 0 Å². The van der Waals surface area contributed by atoms with Gasteiger partial charge in [0.25, 0.3) is 5.91 Å². The first kappa shape index (κ1) is 16.9. The monoisotopic (exact) mass is 343 g/mol. The van der Waals surface area contributed by atoms with Gasteiger partial charge in [-0.2, -0.15) is 0 Å². The maximum atomic E-state index is 13.6. The molecule has 1 heterocycles. The average molecular weight is 343 g/mol. The summed E-state index contributed by atoms with van der Waals surface area (Å²) >= 11 is 0. The Morgan fingerprint density at radius 1 is 1.12 bits per heavy atom. The standard InChI is InChI=1S/C19H15F2NO3/c20-14-7-8-15(16(21)10-14)19(24)22-11-17(23)12-3-5-13(6-4-12)18-2-1-9-25-18/h1-10,17,23H,11H2,(H,22,24)/t17-/m1/s1. The topological polar surface area (TPSA) is 62.5 Å². The molecule has 3 aromatic rings. The largest absolute Gasteiger partial charge is 0.464 e. The molecule has 0 saturated heterocycles. The van der Waals surface area contributed by atoms with Gasteiger partial charge in [0.15, 0.2) is 0 Å². The van der Waals surface area contributed by atoms with Gasteiger partial charge >= 0.3 is 0 Å². The molecule has 0 radical (unpaired) electrons. The minimum Gasteiger partial charge on any atom is -0.464 e. The molecule has 1 atom stereocenters. The van der Waals surface area contributed by atoms with Gasteiger partial charge in [0.05, 0.1) is 17.9 Å². The summed E-state index contributed by atoms with van der Waals surface area (Å²) in [6.45, 7) is -0.101. The minimum atomic E-state index is -0.960. The van der Waals surface area contributed by atoms with E-state index in [9.17, 15) is 18.7 Å². The smallest absolute Gasteiger partial charge is 0.254 e. The molecule has 0 aliphatic rings. The van der Waals surface area contributed by atoms with Crippen LogP contribution in [0, 0.1) is 11.6 Å². The van der Waals surface area contributed by atoms with E-state index in [2.05, 4.69) is 5.32 Å². The Hall–Kier alpha value is -2.99. The van der Waals surface area contributed by atoms with Crippen LogP contribution in [-0.4, -0.2) is 17.6 Å². The van der Waals surface area contributed by atoms with E-state index in [0.29, 0.717) is 17.4 Å². The number of hydrogen-bond donors (Lipinski definition) is 2. The lowest BCUT2D eigenvalue weighted by molar-refractivity contribution is 0.0912. The molecule has 0 spiro atoms. The van der Waals surface area contributed by atoms with Crippen LogP contribution < -0.4 is 5.32 Å². The van der Waals surface area contributed by atoms with Crippen LogP contribution in [0.5, 0.6) is 0 Å². The molecular weight excluding hydrogens is 328 g/mol. The highest BCUT2D eigenvalue weighted by atomic mass is 19.1. The SMILES string of the molecule is O=C(NC[C@@H](O)c1ccc(-c2ccco2)cc1)c1ccc(F)cc1F. The van der Waals surface area contributed by atoms with Crippen molar-refractivity contribution in [1.29, 1.82) is 0 Å². The van der Waals surface area contributed by atoms with E-state index >= 15 is 0 Å². The fourth-order valence-corrected chi connectivity index (χ4v) is 2.39. The summed E-state index contributed by atoms with van der Waals surface area (Å²) in [7, 11) is 0. The number of rotatable bonds is 5. The number of carbonyl (C=O) groups excluding carboxylic acids is 1. The van der Waals surface area contributed by atoms with Crippen molar-refractivity contribution in [2.45, 2.75) is 6.10 Å². The number of amides is 1. The second kappa shape index (κ2) is 7.27. The van der Waals surface area contributed by atoms with E-state index in [1.54, 1.807) is 36.6 Å². The maximum Gasteiger partial charge on any atom is 0.254 e. The van der Waals surface area contributed by atoms with Crippen LogP contribution in [-0.2, 0) is 0 Å². The lowest BCUT2D eigenvalue weighted by Crippen LogP contribution is -2.29. The van der Waals surface area contributed by atoms with Gasteiger partial charge in [-0.1, -0.05) is 24.3 Å². The summed E-state index contributed by atoms with van der Waals surface area (Å²) in [4.78, 5) is 11.9. The third-order valence-electron chi connectivity index (χ3n) is 3.73. The fraction of sp³-hybridized carbons (Fsp3) is 0.105. The van der Waals surface area contributed by atoms with Crippen LogP contribution in [0.1, 0.15) is 22.0 Å². The van der Waals surface area contributed by atoms with Gasteiger partial charge in [-0.05, 0) is 29.8 Å². The van der Waals surface area contributed by atoms with E-state index in [1.165, 1.54) is 0 Å². The number of carbonyl (C=O) groups is 1. The van der Waals surface area contributed by atoms with Crippen LogP contribution in [0.4, 0.5) is 8.78 Å². The number of hydrogen-bond acceptors (Lipinski definition) is 3. The molecule has 6 heteroatoms. The number of aliphatic hydroxyl groups excluding tert-OH is 1. The van der Waals surface area contributed by atoms with Crippen LogP contribution in [0.25, 0.3) is 11.3 Å². The van der Waals surface area contributed by atoms with Crippen molar-refractivity contribution in [3.05, 3.63) is 83.6 Å². The lowest BCUT2D eigenvalue weighted by Gasteiger charge is -2.13. The van der Waals surface area contributed by atoms with E-state index < -0.39 is 23.6 Å². The van der Waals surface area contributed by atoms with Crippen molar-refractivity contribution < 1.29 is 23.1 Å². The Kier molecular flexibility index (Phi) is 4.90. The highest BCUT2D eigenvalue weighted by Crippen LogP contribution is 2.22. The normalized spacial score (nSPS) is 12.0. The van der Waals surface area contributed by atoms with Gasteiger partial charge in [-0.15, -0.1) is 0 Å². The molecule has 4 nitrogen and oxygen atoms in total. The first-order chi connectivity index (χ1) is 12.0. The summed E-state index contributed by atoms with van der Waals surface area (Å²) < 4.78 is 31.7. The highest BCUT2D eigenvalue weighted by molar-refractivity contribution is 5.94. The van der Waals surface area contributed by atoms with Crippen molar-refractivity contribution in [3.8, 4) is 11.3 Å². The van der Waals surface area contributed by atoms with Crippen molar-refractivity contribution in [2.75, 3.05) is 6.54 Å². The number of nitrogens with one attached hydrogen (secondary N) is 1. The van der Waals surface area contributed by atoms with Gasteiger partial charge in [-0.25, -0.2) is 8.78 Å². The van der Waals surface area contributed by atoms with E-state index in [4.69, 9.17) is 4.42 Å². The summed E-state index contributed by atoms with van der Waals surface area (Å²) in [5.74, 6) is -1.72. The van der Waals surface area contributed by atoms with Gasteiger partial charge in [0.2, 0.25) is 0 Å². The molecule has 1 amide bonds. The summed E-state index contributed by atoms with van der Waals surface area (Å²) in [5, 5.41) is 12.6. The molecule has 0 unspecified atom stereocenters. The number of aliphatic hydroxyl groups is 1. The number of furan rings is 1. The van der Waals surface area contributed by atoms with Gasteiger partial charge in [0, 0.05) is 18.2 Å². The predicted molar refractivity (Wildman–Crippen MR) is 87.8 cm³/mol. The van der Waals surface area contributed by atoms with Gasteiger partial charge in [0.1, 0.15) is 17.4 Å². The Morgan fingerprint density at radius 3 is 2.52 bits per heavy atom. The molecule has 0 aliphatic carbocycles. The van der Waals surface area contributed by atoms with Crippen LogP contribution in [0.3, 0.4) is 0 Å². The summed E-state index contributed by atoms with van der Waals surface area (Å²) in [5.41, 5.74) is 1.18. The Morgan fingerprint density at radius 2 is 1.88 bits per heavy atom. The summed E-state index contributed by atoms with van der Waals surface area (Å²) in [6, 6.07) is 13.3. The molecule has 3 rings (SSSR count). The average Bonchev–Trinajstić information content (AvgIpc) is 3.14. The van der Waals surface area contributed by atoms with Crippen molar-refractivity contribution >= 4 is 5.91 Å². The quantitative estimate of drug-likeness (QED) is 0.743. The van der Waals surface area contributed by atoms with Crippen molar-refractivity contribution in [1.82, 2.24) is 5.32 Å². The second-order valence-corrected chi connectivity index (χ2v) is 5.45. The molecule has 25 heavy (non-hydrogen) atoms. The predicted octanol–water partition coefficient (Wildman–Crippen LogP) is 3.69.